The van der Waals surface area contributed by atoms with Crippen LogP contribution in [0.25, 0.3) is 10.9 Å². The average molecular weight is 293 g/mol. The number of hydrogen-bond donors (Lipinski definition) is 1. The van der Waals surface area contributed by atoms with Gasteiger partial charge >= 0.3 is 0 Å². The van der Waals surface area contributed by atoms with Crippen molar-refractivity contribution >= 4 is 38.4 Å². The lowest BCUT2D eigenvalue weighted by Gasteiger charge is -2.15. The molecule has 1 aromatic heterocycles. The molecule has 0 spiro atoms. The second kappa shape index (κ2) is 4.45. The molecule has 3 nitrogen and oxygen atoms in total. The smallest absolute Gasteiger partial charge is 0.240 e. The van der Waals surface area contributed by atoms with Crippen molar-refractivity contribution in [2.45, 2.75) is 18.2 Å². The van der Waals surface area contributed by atoms with E-state index in [1.807, 2.05) is 44.2 Å². The lowest BCUT2D eigenvalue weighted by atomic mass is 10.1. The number of benzene rings is 1. The largest absolute Gasteiger partial charge is 0.325 e. The first-order valence-electron chi connectivity index (χ1n) is 5.32. The van der Waals surface area contributed by atoms with E-state index in [2.05, 4.69) is 26.2 Å². The molecule has 0 aliphatic heterocycles. The Kier molecular flexibility index (Phi) is 3.15. The third-order valence-corrected chi connectivity index (χ3v) is 2.76. The van der Waals surface area contributed by atoms with Gasteiger partial charge in [0.2, 0.25) is 5.91 Å². The molecule has 2 aromatic rings. The molecule has 0 saturated carbocycles. The summed E-state index contributed by atoms with van der Waals surface area (Å²) in [4.78, 5) is 16.0. The highest BCUT2D eigenvalue weighted by molar-refractivity contribution is 9.10. The van der Waals surface area contributed by atoms with Crippen molar-refractivity contribution in [3.8, 4) is 0 Å². The van der Waals surface area contributed by atoms with Crippen molar-refractivity contribution in [2.24, 2.45) is 0 Å². The first kappa shape index (κ1) is 12.0. The summed E-state index contributed by atoms with van der Waals surface area (Å²) in [5, 5.41) is 3.87. The third kappa shape index (κ3) is 2.82. The van der Waals surface area contributed by atoms with Gasteiger partial charge in [-0.05, 0) is 38.1 Å². The maximum Gasteiger partial charge on any atom is 0.240 e. The highest BCUT2D eigenvalue weighted by Crippen LogP contribution is 2.21. The summed E-state index contributed by atoms with van der Waals surface area (Å²) in [6, 6.07) is 9.51. The van der Waals surface area contributed by atoms with Crippen molar-refractivity contribution < 1.29 is 4.79 Å². The lowest BCUT2D eigenvalue weighted by Crippen LogP contribution is -2.30. The molecule has 1 amide bonds. The van der Waals surface area contributed by atoms with E-state index in [0.717, 1.165) is 16.6 Å². The first-order chi connectivity index (χ1) is 7.97. The van der Waals surface area contributed by atoms with Crippen LogP contribution in [0.15, 0.2) is 36.5 Å². The fourth-order valence-corrected chi connectivity index (χ4v) is 1.53. The minimum absolute atomic E-state index is 0.0688. The molecular weight excluding hydrogens is 280 g/mol. The van der Waals surface area contributed by atoms with Crippen LogP contribution in [0.2, 0.25) is 0 Å². The van der Waals surface area contributed by atoms with E-state index >= 15 is 0 Å². The molecule has 17 heavy (non-hydrogen) atoms. The quantitative estimate of drug-likeness (QED) is 0.863. The predicted octanol–water partition coefficient (Wildman–Crippen LogP) is 3.35. The van der Waals surface area contributed by atoms with Crippen LogP contribution in [-0.2, 0) is 4.79 Å². The fourth-order valence-electron chi connectivity index (χ4n) is 1.43. The number of nitrogens with one attached hydrogen (secondary N) is 1. The van der Waals surface area contributed by atoms with Gasteiger partial charge in [-0.3, -0.25) is 9.78 Å². The van der Waals surface area contributed by atoms with Gasteiger partial charge in [-0.15, -0.1) is 0 Å². The van der Waals surface area contributed by atoms with Gasteiger partial charge in [-0.2, -0.15) is 0 Å². The second-order valence-corrected chi connectivity index (χ2v) is 6.32. The standard InChI is InChI=1S/C13H13BrN2O/c1-13(2,14)12(17)16-10-5-6-11-9(8-10)4-3-7-15-11/h3-8H,1-2H3,(H,16,17). The zero-order valence-electron chi connectivity index (χ0n) is 9.70. The van der Waals surface area contributed by atoms with E-state index in [0.29, 0.717) is 0 Å². The van der Waals surface area contributed by atoms with Crippen LogP contribution in [0.5, 0.6) is 0 Å². The molecule has 0 unspecified atom stereocenters. The van der Waals surface area contributed by atoms with E-state index < -0.39 is 4.32 Å². The van der Waals surface area contributed by atoms with Gasteiger partial charge in [-0.25, -0.2) is 0 Å². The van der Waals surface area contributed by atoms with E-state index in [4.69, 9.17) is 0 Å². The number of fused-ring (bicyclic) bond motifs is 1. The number of amides is 1. The van der Waals surface area contributed by atoms with Crippen LogP contribution in [-0.4, -0.2) is 15.2 Å². The van der Waals surface area contributed by atoms with Gasteiger partial charge in [0.25, 0.3) is 0 Å². The van der Waals surface area contributed by atoms with Crippen molar-refractivity contribution in [1.82, 2.24) is 4.98 Å². The molecule has 0 bridgehead atoms. The monoisotopic (exact) mass is 292 g/mol. The van der Waals surface area contributed by atoms with Crippen molar-refractivity contribution in [2.75, 3.05) is 5.32 Å². The van der Waals surface area contributed by atoms with Crippen LogP contribution in [0.4, 0.5) is 5.69 Å². The molecule has 4 heteroatoms. The summed E-state index contributed by atoms with van der Waals surface area (Å²) in [6.07, 6.45) is 1.75. The summed E-state index contributed by atoms with van der Waals surface area (Å²) in [7, 11) is 0. The molecule has 0 aliphatic carbocycles. The molecular formula is C13H13BrN2O. The number of rotatable bonds is 2. The molecule has 1 aromatic carbocycles. The van der Waals surface area contributed by atoms with Gasteiger partial charge in [0.1, 0.15) is 0 Å². The Hall–Kier alpha value is -1.42. The predicted molar refractivity (Wildman–Crippen MR) is 73.4 cm³/mol. The fraction of sp³-hybridized carbons (Fsp3) is 0.231. The first-order valence-corrected chi connectivity index (χ1v) is 6.11. The van der Waals surface area contributed by atoms with Crippen LogP contribution in [0, 0.1) is 0 Å². The van der Waals surface area contributed by atoms with Crippen LogP contribution in [0.1, 0.15) is 13.8 Å². The van der Waals surface area contributed by atoms with E-state index in [9.17, 15) is 4.79 Å². The van der Waals surface area contributed by atoms with Crippen LogP contribution in [0.3, 0.4) is 0 Å². The SMILES string of the molecule is CC(C)(Br)C(=O)Nc1ccc2ncccc2c1. The normalized spacial score (nSPS) is 11.5. The van der Waals surface area contributed by atoms with Gasteiger partial charge in [0, 0.05) is 17.3 Å². The number of anilines is 1. The van der Waals surface area contributed by atoms with Gasteiger partial charge in [0.15, 0.2) is 0 Å². The molecule has 1 N–H and O–H groups in total. The summed E-state index contributed by atoms with van der Waals surface area (Å²) >= 11 is 3.33. The Morgan fingerprint density at radius 3 is 2.82 bits per heavy atom. The number of aromatic nitrogens is 1. The molecule has 0 radical (unpaired) electrons. The van der Waals surface area contributed by atoms with Crippen LogP contribution < -0.4 is 5.32 Å². The molecule has 0 saturated heterocycles. The van der Waals surface area contributed by atoms with Gasteiger partial charge < -0.3 is 5.32 Å². The molecule has 1 heterocycles. The Morgan fingerprint density at radius 1 is 1.35 bits per heavy atom. The molecule has 88 valence electrons. The van der Waals surface area contributed by atoms with E-state index in [-0.39, 0.29) is 5.91 Å². The number of hydrogen-bond acceptors (Lipinski definition) is 2. The van der Waals surface area contributed by atoms with Gasteiger partial charge in [0.05, 0.1) is 9.84 Å². The summed E-state index contributed by atoms with van der Waals surface area (Å²) in [5.41, 5.74) is 1.70. The zero-order valence-corrected chi connectivity index (χ0v) is 11.3. The topological polar surface area (TPSA) is 42.0 Å². The highest BCUT2D eigenvalue weighted by atomic mass is 79.9. The molecule has 0 aliphatic rings. The maximum atomic E-state index is 11.8. The minimum atomic E-state index is -0.573. The third-order valence-electron chi connectivity index (χ3n) is 2.40. The molecule has 0 fully saturated rings. The zero-order chi connectivity index (χ0) is 12.5. The highest BCUT2D eigenvalue weighted by Gasteiger charge is 2.23. The number of pyridine rings is 1. The Labute approximate surface area is 108 Å². The van der Waals surface area contributed by atoms with Crippen molar-refractivity contribution in [1.29, 1.82) is 0 Å². The minimum Gasteiger partial charge on any atom is -0.325 e. The van der Waals surface area contributed by atoms with Gasteiger partial charge in [-0.1, -0.05) is 22.0 Å². The number of carbonyl (C=O) groups is 1. The van der Waals surface area contributed by atoms with E-state index in [1.54, 1.807) is 6.20 Å². The van der Waals surface area contributed by atoms with Crippen molar-refractivity contribution in [3.63, 3.8) is 0 Å². The summed E-state index contributed by atoms with van der Waals surface area (Å²) < 4.78 is -0.573. The Bertz CT molecular complexity index is 561. The molecule has 2 rings (SSSR count). The summed E-state index contributed by atoms with van der Waals surface area (Å²) in [5.74, 6) is -0.0688. The molecule has 0 atom stereocenters. The number of alkyl halides is 1. The second-order valence-electron chi connectivity index (χ2n) is 4.34. The average Bonchev–Trinajstić information content (AvgIpc) is 2.27. The maximum absolute atomic E-state index is 11.8. The Morgan fingerprint density at radius 2 is 2.12 bits per heavy atom. The van der Waals surface area contributed by atoms with E-state index in [1.165, 1.54) is 0 Å². The lowest BCUT2D eigenvalue weighted by molar-refractivity contribution is -0.117. The van der Waals surface area contributed by atoms with Crippen molar-refractivity contribution in [3.05, 3.63) is 36.5 Å². The Balaban J connectivity index is 2.29. The number of carbonyl (C=O) groups excluding carboxylic acids is 1. The van der Waals surface area contributed by atoms with Crippen LogP contribution >= 0.6 is 15.9 Å². The number of halogens is 1. The number of nitrogens with zero attached hydrogens (tertiary/aromatic N) is 1. The summed E-state index contributed by atoms with van der Waals surface area (Å²) in [6.45, 7) is 3.62.